The first-order chi connectivity index (χ1) is 17.6. The van der Waals surface area contributed by atoms with Gasteiger partial charge in [0.15, 0.2) is 0 Å². The van der Waals surface area contributed by atoms with Crippen molar-refractivity contribution in [2.24, 2.45) is 0 Å². The summed E-state index contributed by atoms with van der Waals surface area (Å²) in [7, 11) is 1.70. The molecular formula is C29H39F3N2O3. The Hall–Kier alpha value is -2.84. The van der Waals surface area contributed by atoms with Crippen LogP contribution in [-0.2, 0) is 6.54 Å². The number of methoxy groups -OCH3 is 1. The Morgan fingerprint density at radius 1 is 1.08 bits per heavy atom. The van der Waals surface area contributed by atoms with E-state index in [1.54, 1.807) is 37.4 Å². The van der Waals surface area contributed by atoms with Gasteiger partial charge in [-0.05, 0) is 55.2 Å². The van der Waals surface area contributed by atoms with Crippen LogP contribution in [-0.4, -0.2) is 66.9 Å². The molecule has 0 saturated carbocycles. The number of hydrogen-bond acceptors (Lipinski definition) is 4. The quantitative estimate of drug-likeness (QED) is 0.405. The summed E-state index contributed by atoms with van der Waals surface area (Å²) in [6.07, 6.45) is 1.73. The van der Waals surface area contributed by atoms with Crippen LogP contribution in [0, 0.1) is 13.8 Å². The molecule has 0 atom stereocenters. The molecule has 0 amide bonds. The monoisotopic (exact) mass is 520 g/mol. The molecule has 0 aliphatic carbocycles. The zero-order chi connectivity index (χ0) is 27.4. The minimum Gasteiger partial charge on any atom is -0.496 e. The van der Waals surface area contributed by atoms with Crippen molar-refractivity contribution in [2.45, 2.75) is 52.8 Å². The first kappa shape index (κ1) is 30.4. The largest absolute Gasteiger partial charge is 0.496 e. The summed E-state index contributed by atoms with van der Waals surface area (Å²) < 4.78 is 43.0. The number of halogens is 3. The van der Waals surface area contributed by atoms with E-state index in [0.717, 1.165) is 38.2 Å². The van der Waals surface area contributed by atoms with Gasteiger partial charge in [-0.2, -0.15) is 13.2 Å². The smallest absolute Gasteiger partial charge is 0.390 e. The third-order valence-electron chi connectivity index (χ3n) is 6.50. The first-order valence-electron chi connectivity index (χ1n) is 12.7. The second-order valence-corrected chi connectivity index (χ2v) is 9.26. The number of ether oxygens (including phenoxy) is 1. The summed E-state index contributed by atoms with van der Waals surface area (Å²) in [5, 5.41) is 8.38. The maximum absolute atomic E-state index is 12.4. The number of piperazine rings is 1. The first-order valence-corrected chi connectivity index (χ1v) is 12.7. The lowest BCUT2D eigenvalue weighted by Gasteiger charge is -2.35. The zero-order valence-corrected chi connectivity index (χ0v) is 22.3. The van der Waals surface area contributed by atoms with Gasteiger partial charge in [0.25, 0.3) is 0 Å². The van der Waals surface area contributed by atoms with Crippen molar-refractivity contribution in [3.8, 4) is 5.75 Å². The number of alkyl halides is 3. The van der Waals surface area contributed by atoms with Gasteiger partial charge in [0.1, 0.15) is 5.75 Å². The van der Waals surface area contributed by atoms with Crippen molar-refractivity contribution >= 4 is 12.0 Å². The fraction of sp³-hybridized carbons (Fsp3) is 0.483. The molecule has 204 valence electrons. The molecule has 0 unspecified atom stereocenters. The van der Waals surface area contributed by atoms with Gasteiger partial charge in [-0.1, -0.05) is 43.7 Å². The number of allylic oxidation sites excluding steroid dienone is 1. The molecule has 0 aromatic heterocycles. The van der Waals surface area contributed by atoms with E-state index in [4.69, 9.17) is 9.84 Å². The highest BCUT2D eigenvalue weighted by Crippen LogP contribution is 2.31. The van der Waals surface area contributed by atoms with E-state index >= 15 is 0 Å². The van der Waals surface area contributed by atoms with Crippen LogP contribution in [0.5, 0.6) is 5.75 Å². The average Bonchev–Trinajstić information content (AvgIpc) is 2.88. The summed E-state index contributed by atoms with van der Waals surface area (Å²) in [5.74, 6) is 0.00866. The number of carbonyl (C=O) groups is 1. The van der Waals surface area contributed by atoms with Gasteiger partial charge in [-0.15, -0.1) is 0 Å². The fourth-order valence-electron chi connectivity index (χ4n) is 4.16. The van der Waals surface area contributed by atoms with Crippen LogP contribution >= 0.6 is 0 Å². The minimum atomic E-state index is -4.08. The predicted molar refractivity (Wildman–Crippen MR) is 142 cm³/mol. The summed E-state index contributed by atoms with van der Waals surface area (Å²) >= 11 is 0. The van der Waals surface area contributed by atoms with Crippen LogP contribution in [0.1, 0.15) is 58.8 Å². The Labute approximate surface area is 218 Å². The standard InChI is InChI=1S/C22H33F3N2O.C7H6O2/c1-5-6-7-8-19-18(3)17(2)15-21(28-4)20(19)16-27-13-11-26(12-14-27)10-9-22(23,24)25;8-7(9)6-4-2-1-3-5-6/h7-8,15H,5-6,9-14,16H2,1-4H3;1-5H,(H,8,9)/b8-7-;. The average molecular weight is 521 g/mol. The number of aryl methyl sites for hydroxylation is 1. The Morgan fingerprint density at radius 3 is 2.22 bits per heavy atom. The molecule has 2 aromatic carbocycles. The van der Waals surface area contributed by atoms with Gasteiger partial charge in [-0.25, -0.2) is 4.79 Å². The molecule has 1 aliphatic heterocycles. The molecule has 0 spiro atoms. The van der Waals surface area contributed by atoms with Crippen LogP contribution in [0.25, 0.3) is 6.08 Å². The highest BCUT2D eigenvalue weighted by Gasteiger charge is 2.29. The van der Waals surface area contributed by atoms with Crippen molar-refractivity contribution in [3.05, 3.63) is 70.3 Å². The molecule has 1 saturated heterocycles. The van der Waals surface area contributed by atoms with E-state index in [1.165, 1.54) is 22.3 Å². The molecule has 8 heteroatoms. The Kier molecular flexibility index (Phi) is 12.1. The van der Waals surface area contributed by atoms with Crippen molar-refractivity contribution in [1.29, 1.82) is 0 Å². The number of aromatic carboxylic acids is 1. The topological polar surface area (TPSA) is 53.0 Å². The highest BCUT2D eigenvalue weighted by molar-refractivity contribution is 5.87. The van der Waals surface area contributed by atoms with Crippen LogP contribution in [0.15, 0.2) is 42.5 Å². The van der Waals surface area contributed by atoms with Gasteiger partial charge in [-0.3, -0.25) is 4.90 Å². The number of carboxylic acid groups (broad SMARTS) is 1. The second-order valence-electron chi connectivity index (χ2n) is 9.26. The number of hydrogen-bond donors (Lipinski definition) is 1. The summed E-state index contributed by atoms with van der Waals surface area (Å²) in [5.41, 5.74) is 5.17. The predicted octanol–water partition coefficient (Wildman–Crippen LogP) is 6.58. The second kappa shape index (κ2) is 14.8. The summed E-state index contributed by atoms with van der Waals surface area (Å²) in [6, 6.07) is 10.4. The molecule has 0 radical (unpaired) electrons. The van der Waals surface area contributed by atoms with E-state index in [9.17, 15) is 18.0 Å². The molecule has 5 nitrogen and oxygen atoms in total. The molecule has 37 heavy (non-hydrogen) atoms. The lowest BCUT2D eigenvalue weighted by atomic mass is 9.95. The maximum Gasteiger partial charge on any atom is 0.390 e. The van der Waals surface area contributed by atoms with Crippen LogP contribution in [0.3, 0.4) is 0 Å². The normalized spacial score (nSPS) is 14.9. The Balaban J connectivity index is 0.000000449. The van der Waals surface area contributed by atoms with Gasteiger partial charge in [0.2, 0.25) is 0 Å². The van der Waals surface area contributed by atoms with Crippen molar-refractivity contribution in [3.63, 3.8) is 0 Å². The van der Waals surface area contributed by atoms with E-state index in [1.807, 2.05) is 4.90 Å². The SMILES string of the molecule is CCC/C=C\c1c(C)c(C)cc(OC)c1CN1CCN(CCC(F)(F)F)CC1.O=C(O)c1ccccc1. The molecule has 1 aliphatic rings. The van der Waals surface area contributed by atoms with Gasteiger partial charge in [0, 0.05) is 44.8 Å². The summed E-state index contributed by atoms with van der Waals surface area (Å²) in [6.45, 7) is 10.1. The lowest BCUT2D eigenvalue weighted by Crippen LogP contribution is -2.46. The van der Waals surface area contributed by atoms with E-state index in [2.05, 4.69) is 43.9 Å². The lowest BCUT2D eigenvalue weighted by molar-refractivity contribution is -0.138. The van der Waals surface area contributed by atoms with Crippen molar-refractivity contribution < 1.29 is 27.8 Å². The minimum absolute atomic E-state index is 0.0926. The zero-order valence-electron chi connectivity index (χ0n) is 22.3. The Bertz CT molecular complexity index is 1020. The summed E-state index contributed by atoms with van der Waals surface area (Å²) in [4.78, 5) is 14.4. The van der Waals surface area contributed by atoms with Crippen molar-refractivity contribution in [2.75, 3.05) is 39.8 Å². The molecule has 1 heterocycles. The van der Waals surface area contributed by atoms with E-state index in [-0.39, 0.29) is 6.54 Å². The number of rotatable bonds is 9. The third kappa shape index (κ3) is 10.2. The van der Waals surface area contributed by atoms with Gasteiger partial charge < -0.3 is 14.7 Å². The third-order valence-corrected chi connectivity index (χ3v) is 6.50. The molecule has 1 fully saturated rings. The Morgan fingerprint density at radius 2 is 1.70 bits per heavy atom. The van der Waals surface area contributed by atoms with Gasteiger partial charge in [0.05, 0.1) is 19.1 Å². The van der Waals surface area contributed by atoms with Crippen LogP contribution in [0.2, 0.25) is 0 Å². The van der Waals surface area contributed by atoms with Crippen molar-refractivity contribution in [1.82, 2.24) is 9.80 Å². The molecule has 0 bridgehead atoms. The van der Waals surface area contributed by atoms with E-state index < -0.39 is 18.6 Å². The molecule has 3 rings (SSSR count). The number of nitrogens with zero attached hydrogens (tertiary/aromatic N) is 2. The molecular weight excluding hydrogens is 481 g/mol. The fourth-order valence-corrected chi connectivity index (χ4v) is 4.16. The molecule has 1 N–H and O–H groups in total. The van der Waals surface area contributed by atoms with E-state index in [0.29, 0.717) is 18.7 Å². The van der Waals surface area contributed by atoms with Crippen LogP contribution in [0.4, 0.5) is 13.2 Å². The number of benzene rings is 2. The van der Waals surface area contributed by atoms with Gasteiger partial charge >= 0.3 is 12.1 Å². The number of unbranched alkanes of at least 4 members (excludes halogenated alkanes) is 1. The molecule has 2 aromatic rings. The highest BCUT2D eigenvalue weighted by atomic mass is 19.4. The number of carboxylic acids is 1. The maximum atomic E-state index is 12.4. The van der Waals surface area contributed by atoms with Crippen LogP contribution < -0.4 is 4.74 Å².